The summed E-state index contributed by atoms with van der Waals surface area (Å²) in [4.78, 5) is 2.69. The third-order valence-electron chi connectivity index (χ3n) is 10.5. The molecule has 2 heterocycles. The zero-order valence-electron chi connectivity index (χ0n) is 32.0. The maximum absolute atomic E-state index is 12.1. The highest BCUT2D eigenvalue weighted by Crippen LogP contribution is 2.49. The van der Waals surface area contributed by atoms with Crippen LogP contribution in [0.15, 0.2) is 92.4 Å². The van der Waals surface area contributed by atoms with E-state index in [-0.39, 0.29) is 17.1 Å². The second-order valence-corrected chi connectivity index (χ2v) is 19.9. The average molecular weight is 889 g/mol. The van der Waals surface area contributed by atoms with E-state index in [1.165, 1.54) is 12.1 Å². The van der Waals surface area contributed by atoms with Crippen molar-refractivity contribution in [3.05, 3.63) is 93.7 Å². The summed E-state index contributed by atoms with van der Waals surface area (Å²) in [6.45, 7) is 9.34. The van der Waals surface area contributed by atoms with Crippen LogP contribution in [0, 0.1) is 0 Å². The number of benzene rings is 2. The molecule has 3 aliphatic rings. The number of unbranched alkanes of at least 4 members (excludes halogenated alkanes) is 2. The first-order valence-electron chi connectivity index (χ1n) is 18.3. The van der Waals surface area contributed by atoms with Crippen molar-refractivity contribution < 1.29 is 59.8 Å². The average Bonchev–Trinajstić information content (AvgIpc) is 3.49. The Hall–Kier alpha value is -2.56. The number of anilines is 1. The van der Waals surface area contributed by atoms with Crippen LogP contribution in [0.1, 0.15) is 83.8 Å². The SMILES string of the molecule is CC1(C)C(/C=C/C2=C(Cl)C(=C/C=C3/N(CCCCSOOO)c4ccc(S(=O)(=O)O)cc4C3(C)C)/CCC2)=[N+](CCCCS(=O)(=O)O)c2ccc(SOOO)cc21. The van der Waals surface area contributed by atoms with E-state index in [1.54, 1.807) is 6.07 Å². The lowest BCUT2D eigenvalue weighted by Gasteiger charge is -2.27. The van der Waals surface area contributed by atoms with Crippen LogP contribution in [-0.2, 0) is 49.8 Å². The van der Waals surface area contributed by atoms with Crippen molar-refractivity contribution in [2.45, 2.75) is 93.3 Å². The normalized spacial score (nSPS) is 19.4. The molecule has 0 saturated carbocycles. The molecule has 0 saturated heterocycles. The molecule has 19 heteroatoms. The molecule has 14 nitrogen and oxygen atoms in total. The Morgan fingerprint density at radius 3 is 2.33 bits per heavy atom. The van der Waals surface area contributed by atoms with Gasteiger partial charge in [0.15, 0.2) is 5.71 Å². The van der Waals surface area contributed by atoms with Crippen molar-refractivity contribution >= 4 is 73.0 Å². The number of nitrogens with zero attached hydrogens (tertiary/aromatic N) is 2. The fraction of sp³-hybridized carbons (Fsp3) is 0.447. The van der Waals surface area contributed by atoms with Crippen LogP contribution < -0.4 is 4.90 Å². The van der Waals surface area contributed by atoms with Crippen LogP contribution in [0.2, 0.25) is 0 Å². The number of halogens is 1. The highest BCUT2D eigenvalue weighted by molar-refractivity contribution is 7.94. The zero-order valence-corrected chi connectivity index (χ0v) is 36.0. The number of hydrogen-bond acceptors (Lipinski definition) is 13. The second-order valence-electron chi connectivity index (χ2n) is 14.9. The first-order valence-corrected chi connectivity index (χ1v) is 23.3. The minimum atomic E-state index is -4.42. The maximum Gasteiger partial charge on any atom is 0.294 e. The summed E-state index contributed by atoms with van der Waals surface area (Å²) >= 11 is 9.03. The lowest BCUT2D eigenvalue weighted by molar-refractivity contribution is -0.438. The molecule has 1 aliphatic carbocycles. The summed E-state index contributed by atoms with van der Waals surface area (Å²) in [7, 11) is -8.51. The minimum Gasteiger partial charge on any atom is -0.344 e. The monoisotopic (exact) mass is 887 g/mol. The summed E-state index contributed by atoms with van der Waals surface area (Å²) in [5.41, 5.74) is 6.25. The summed E-state index contributed by atoms with van der Waals surface area (Å²) in [5.74, 6) is 0.252. The molecule has 0 radical (unpaired) electrons. The van der Waals surface area contributed by atoms with Crippen molar-refractivity contribution in [2.75, 3.05) is 29.5 Å². The van der Waals surface area contributed by atoms with Gasteiger partial charge < -0.3 is 4.90 Å². The number of rotatable bonds is 19. The molecule has 0 bridgehead atoms. The predicted octanol–water partition coefficient (Wildman–Crippen LogP) is 9.10. The fourth-order valence-corrected chi connectivity index (χ4v) is 9.89. The first kappa shape index (κ1) is 45.5. The molecule has 0 amide bonds. The molecular formula is C38H48ClN2O12S4+. The van der Waals surface area contributed by atoms with E-state index in [0.717, 1.165) is 101 Å². The second kappa shape index (κ2) is 19.2. The van der Waals surface area contributed by atoms with Gasteiger partial charge in [-0.25, -0.2) is 10.5 Å². The quantitative estimate of drug-likeness (QED) is 0.0261. The van der Waals surface area contributed by atoms with Crippen molar-refractivity contribution in [3.8, 4) is 0 Å². The third kappa shape index (κ3) is 11.0. The van der Waals surface area contributed by atoms with E-state index in [9.17, 15) is 25.9 Å². The zero-order chi connectivity index (χ0) is 41.6. The summed E-state index contributed by atoms with van der Waals surface area (Å²) in [6.07, 6.45) is 12.8. The Balaban J connectivity index is 1.48. The molecule has 4 N–H and O–H groups in total. The summed E-state index contributed by atoms with van der Waals surface area (Å²) in [5, 5.41) is 25.2. The van der Waals surface area contributed by atoms with E-state index in [2.05, 4.69) is 48.1 Å². The molecule has 2 aromatic rings. The van der Waals surface area contributed by atoms with Gasteiger partial charge in [0.1, 0.15) is 6.54 Å². The molecule has 0 spiro atoms. The van der Waals surface area contributed by atoms with Crippen molar-refractivity contribution in [3.63, 3.8) is 0 Å². The lowest BCUT2D eigenvalue weighted by atomic mass is 9.81. The fourth-order valence-electron chi connectivity index (χ4n) is 7.67. The van der Waals surface area contributed by atoms with Gasteiger partial charge in [0.25, 0.3) is 20.2 Å². The topological polar surface area (TPSA) is 192 Å². The Kier molecular flexibility index (Phi) is 15.4. The van der Waals surface area contributed by atoms with E-state index < -0.39 is 31.1 Å². The van der Waals surface area contributed by atoms with Crippen LogP contribution >= 0.6 is 35.7 Å². The molecule has 2 aliphatic heterocycles. The van der Waals surface area contributed by atoms with Crippen molar-refractivity contribution in [1.82, 2.24) is 0 Å². The Morgan fingerprint density at radius 1 is 0.877 bits per heavy atom. The molecule has 0 aromatic heterocycles. The van der Waals surface area contributed by atoms with E-state index in [1.807, 2.05) is 50.3 Å². The van der Waals surface area contributed by atoms with Crippen LogP contribution in [0.25, 0.3) is 0 Å². The predicted molar refractivity (Wildman–Crippen MR) is 221 cm³/mol. The number of fused-ring (bicyclic) bond motifs is 2. The van der Waals surface area contributed by atoms with Crippen LogP contribution in [0.4, 0.5) is 11.4 Å². The molecule has 2 aromatic carbocycles. The van der Waals surface area contributed by atoms with Gasteiger partial charge in [0.05, 0.1) is 28.1 Å². The Labute approximate surface area is 347 Å². The van der Waals surface area contributed by atoms with Gasteiger partial charge in [-0.1, -0.05) is 47.7 Å². The smallest absolute Gasteiger partial charge is 0.294 e. The van der Waals surface area contributed by atoms with Crippen molar-refractivity contribution in [1.29, 1.82) is 0 Å². The standard InChI is InChI=1S/C38H47ClN2O12S4/c1-37(2)30-24-28(55-53-51-43)14-16-32(30)41(21-6-8-23-56(44,45)46)34(37)18-12-26-10-9-11-27(36(26)39)13-19-35-38(3,4)31-25-29(57(47,48)49)15-17-33(31)40(35)20-5-7-22-54-52-50-42/h12-19,24-25H,5-11,20-23H2,1-4H3,(H3-,42,43,44,45,46,47,48,49)/p+1. The molecular weight excluding hydrogens is 840 g/mol. The lowest BCUT2D eigenvalue weighted by Crippen LogP contribution is -2.28. The van der Waals surface area contributed by atoms with Gasteiger partial charge in [-0.05, 0) is 105 Å². The Bertz CT molecular complexity index is 2200. The molecule has 312 valence electrons. The maximum atomic E-state index is 12.1. The largest absolute Gasteiger partial charge is 0.344 e. The van der Waals surface area contributed by atoms with Gasteiger partial charge in [-0.2, -0.15) is 21.4 Å². The number of hydrogen-bond donors (Lipinski definition) is 4. The molecule has 0 atom stereocenters. The van der Waals surface area contributed by atoms with Crippen LogP contribution in [0.5, 0.6) is 0 Å². The molecule has 5 rings (SSSR count). The van der Waals surface area contributed by atoms with Gasteiger partial charge in [-0.3, -0.25) is 9.11 Å². The Morgan fingerprint density at radius 2 is 1.63 bits per heavy atom. The summed E-state index contributed by atoms with van der Waals surface area (Å²) < 4.78 is 77.5. The van der Waals surface area contributed by atoms with E-state index in [0.29, 0.717) is 35.2 Å². The van der Waals surface area contributed by atoms with E-state index >= 15 is 0 Å². The van der Waals surface area contributed by atoms with Gasteiger partial charge in [0.2, 0.25) is 5.69 Å². The van der Waals surface area contributed by atoms with Gasteiger partial charge in [-0.15, -0.1) is 8.67 Å². The van der Waals surface area contributed by atoms with Gasteiger partial charge in [0, 0.05) is 75.2 Å². The number of allylic oxidation sites excluding steroid dienone is 8. The third-order valence-corrected chi connectivity index (χ3v) is 13.8. The van der Waals surface area contributed by atoms with Gasteiger partial charge >= 0.3 is 0 Å². The minimum absolute atomic E-state index is 0.172. The molecule has 0 fully saturated rings. The van der Waals surface area contributed by atoms with Crippen LogP contribution in [-0.4, -0.2) is 71.3 Å². The molecule has 0 unspecified atom stereocenters. The summed E-state index contributed by atoms with van der Waals surface area (Å²) in [6, 6.07) is 10.4. The van der Waals surface area contributed by atoms with Crippen LogP contribution in [0.3, 0.4) is 0 Å². The first-order chi connectivity index (χ1) is 26.9. The van der Waals surface area contributed by atoms with E-state index in [4.69, 9.17) is 22.1 Å². The highest BCUT2D eigenvalue weighted by atomic mass is 35.5. The molecule has 57 heavy (non-hydrogen) atoms. The highest BCUT2D eigenvalue weighted by Gasteiger charge is 2.45. The van der Waals surface area contributed by atoms with Crippen molar-refractivity contribution in [2.24, 2.45) is 0 Å².